The van der Waals surface area contributed by atoms with E-state index in [-0.39, 0.29) is 5.91 Å². The zero-order valence-electron chi connectivity index (χ0n) is 14.3. The van der Waals surface area contributed by atoms with Crippen molar-refractivity contribution in [2.24, 2.45) is 0 Å². The molecule has 0 spiro atoms. The first kappa shape index (κ1) is 19.0. The Labute approximate surface area is 154 Å². The molecule has 1 saturated heterocycles. The van der Waals surface area contributed by atoms with Gasteiger partial charge in [0.25, 0.3) is 5.91 Å². The first-order valence-corrected chi connectivity index (χ1v) is 9.13. The van der Waals surface area contributed by atoms with E-state index in [9.17, 15) is 4.79 Å². The van der Waals surface area contributed by atoms with Crippen LogP contribution in [0.25, 0.3) is 0 Å². The normalized spacial score (nSPS) is 14.8. The van der Waals surface area contributed by atoms with Crippen LogP contribution in [0.3, 0.4) is 0 Å². The topological polar surface area (TPSA) is 40.0 Å². The van der Waals surface area contributed by atoms with Gasteiger partial charge in [-0.05, 0) is 24.4 Å². The second kappa shape index (κ2) is 9.20. The van der Waals surface area contributed by atoms with Crippen LogP contribution in [0.2, 0.25) is 5.02 Å². The summed E-state index contributed by atoms with van der Waals surface area (Å²) >= 11 is 11.6. The van der Waals surface area contributed by atoms with E-state index in [1.807, 2.05) is 17.0 Å². The number of carbonyl (C=O) groups excluding carboxylic acids is 1. The summed E-state index contributed by atoms with van der Waals surface area (Å²) in [4.78, 5) is 18.0. The minimum absolute atomic E-state index is 0.00640. The summed E-state index contributed by atoms with van der Waals surface area (Å²) in [5.41, 5.74) is 0.569. The maximum atomic E-state index is 12.5. The molecule has 0 aromatic heterocycles. The lowest BCUT2D eigenvalue weighted by Crippen LogP contribution is -3.05. The molecule has 0 saturated carbocycles. The van der Waals surface area contributed by atoms with Crippen molar-refractivity contribution in [3.8, 4) is 0 Å². The van der Waals surface area contributed by atoms with E-state index in [2.05, 4.69) is 24.3 Å². The second-order valence-electron chi connectivity index (χ2n) is 6.30. The number of carbonyl (C=O) groups is 1. The zero-order valence-corrected chi connectivity index (χ0v) is 15.9. The van der Waals surface area contributed by atoms with Crippen molar-refractivity contribution in [1.29, 1.82) is 0 Å². The molecular formula is C17H26ClN4OS+. The Morgan fingerprint density at radius 2 is 1.83 bits per heavy atom. The molecule has 132 valence electrons. The van der Waals surface area contributed by atoms with Gasteiger partial charge in [-0.15, -0.1) is 0 Å². The molecule has 2 rings (SSSR count). The van der Waals surface area contributed by atoms with Gasteiger partial charge in [-0.25, -0.2) is 0 Å². The molecule has 0 atom stereocenters. The number of hydrogen-bond donors (Lipinski definition) is 2. The minimum Gasteiger partial charge on any atom is -0.362 e. The third-order valence-electron chi connectivity index (χ3n) is 4.09. The standard InChI is InChI=1S/C17H25ClN4OS/c1-20(2)9-5-8-19-17(24)22-12-10-21(11-13-22)16(23)14-6-3-4-7-15(14)18/h3-4,6-7H,5,8-13H2,1-2H3,(H,19,24)/p+1. The number of rotatable bonds is 5. The average molecular weight is 370 g/mol. The average Bonchev–Trinajstić information content (AvgIpc) is 2.58. The van der Waals surface area contributed by atoms with Crippen molar-refractivity contribution in [3.63, 3.8) is 0 Å². The molecule has 1 aromatic carbocycles. The highest BCUT2D eigenvalue weighted by Crippen LogP contribution is 2.18. The van der Waals surface area contributed by atoms with Crippen molar-refractivity contribution in [2.75, 3.05) is 53.4 Å². The van der Waals surface area contributed by atoms with E-state index in [1.165, 1.54) is 4.90 Å². The van der Waals surface area contributed by atoms with E-state index in [0.29, 0.717) is 23.7 Å². The predicted molar refractivity (Wildman–Crippen MR) is 102 cm³/mol. The van der Waals surface area contributed by atoms with Gasteiger partial charge >= 0.3 is 0 Å². The molecule has 1 aliphatic heterocycles. The van der Waals surface area contributed by atoms with Gasteiger partial charge in [0.2, 0.25) is 0 Å². The number of thiocarbonyl (C=S) groups is 1. The van der Waals surface area contributed by atoms with Gasteiger partial charge in [0.05, 0.1) is 31.2 Å². The second-order valence-corrected chi connectivity index (χ2v) is 7.10. The molecule has 0 bridgehead atoms. The van der Waals surface area contributed by atoms with Crippen LogP contribution in [0.5, 0.6) is 0 Å². The Balaban J connectivity index is 1.78. The molecule has 1 amide bonds. The highest BCUT2D eigenvalue weighted by Gasteiger charge is 2.24. The molecule has 2 N–H and O–H groups in total. The van der Waals surface area contributed by atoms with Crippen LogP contribution in [0, 0.1) is 0 Å². The largest absolute Gasteiger partial charge is 0.362 e. The monoisotopic (exact) mass is 369 g/mol. The van der Waals surface area contributed by atoms with Gasteiger partial charge < -0.3 is 20.0 Å². The first-order chi connectivity index (χ1) is 11.5. The molecule has 1 fully saturated rings. The van der Waals surface area contributed by atoms with E-state index in [0.717, 1.165) is 37.7 Å². The SMILES string of the molecule is C[NH+](C)CCCNC(=S)N1CCN(C(=O)c2ccccc2Cl)CC1. The Hall–Kier alpha value is -1.37. The summed E-state index contributed by atoms with van der Waals surface area (Å²) in [5.74, 6) is -0.00640. The molecule has 7 heteroatoms. The molecule has 1 heterocycles. The number of quaternary nitrogens is 1. The Morgan fingerprint density at radius 1 is 1.21 bits per heavy atom. The van der Waals surface area contributed by atoms with Gasteiger partial charge in [0.1, 0.15) is 0 Å². The third-order valence-corrected chi connectivity index (χ3v) is 4.82. The molecule has 0 radical (unpaired) electrons. The number of amides is 1. The van der Waals surface area contributed by atoms with Gasteiger partial charge in [-0.1, -0.05) is 23.7 Å². The Kier molecular flexibility index (Phi) is 7.27. The Bertz CT molecular complexity index is 573. The van der Waals surface area contributed by atoms with E-state index in [1.54, 1.807) is 12.1 Å². The number of nitrogens with one attached hydrogen (secondary N) is 2. The fourth-order valence-electron chi connectivity index (χ4n) is 2.67. The zero-order chi connectivity index (χ0) is 17.5. The lowest BCUT2D eigenvalue weighted by atomic mass is 10.2. The molecule has 1 aliphatic rings. The highest BCUT2D eigenvalue weighted by atomic mass is 35.5. The van der Waals surface area contributed by atoms with Crippen LogP contribution < -0.4 is 10.2 Å². The van der Waals surface area contributed by atoms with Gasteiger partial charge in [0.15, 0.2) is 5.11 Å². The molecule has 0 unspecified atom stereocenters. The molecular weight excluding hydrogens is 344 g/mol. The lowest BCUT2D eigenvalue weighted by molar-refractivity contribution is -0.858. The summed E-state index contributed by atoms with van der Waals surface area (Å²) in [6, 6.07) is 7.19. The number of benzene rings is 1. The summed E-state index contributed by atoms with van der Waals surface area (Å²) in [6.07, 6.45) is 1.09. The van der Waals surface area contributed by atoms with E-state index in [4.69, 9.17) is 23.8 Å². The summed E-state index contributed by atoms with van der Waals surface area (Å²) < 4.78 is 0. The molecule has 0 aliphatic carbocycles. The van der Waals surface area contributed by atoms with Gasteiger partial charge in [-0.2, -0.15) is 0 Å². The Morgan fingerprint density at radius 3 is 2.46 bits per heavy atom. The fourth-order valence-corrected chi connectivity index (χ4v) is 3.17. The molecule has 5 nitrogen and oxygen atoms in total. The maximum absolute atomic E-state index is 12.5. The van der Waals surface area contributed by atoms with Crippen molar-refractivity contribution < 1.29 is 9.69 Å². The first-order valence-electron chi connectivity index (χ1n) is 8.34. The van der Waals surface area contributed by atoms with Crippen molar-refractivity contribution in [1.82, 2.24) is 15.1 Å². The summed E-state index contributed by atoms with van der Waals surface area (Å²) in [7, 11) is 4.29. The summed E-state index contributed by atoms with van der Waals surface area (Å²) in [6.45, 7) is 4.84. The van der Waals surface area contributed by atoms with Gasteiger partial charge in [0, 0.05) is 39.1 Å². The van der Waals surface area contributed by atoms with Crippen molar-refractivity contribution >= 4 is 34.8 Å². The van der Waals surface area contributed by atoms with Crippen LogP contribution in [-0.2, 0) is 0 Å². The minimum atomic E-state index is -0.00640. The highest BCUT2D eigenvalue weighted by molar-refractivity contribution is 7.80. The van der Waals surface area contributed by atoms with Crippen LogP contribution in [0.1, 0.15) is 16.8 Å². The lowest BCUT2D eigenvalue weighted by Gasteiger charge is -2.36. The predicted octanol–water partition coefficient (Wildman–Crippen LogP) is 0.507. The van der Waals surface area contributed by atoms with Gasteiger partial charge in [-0.3, -0.25) is 4.79 Å². The fraction of sp³-hybridized carbons (Fsp3) is 0.529. The van der Waals surface area contributed by atoms with E-state index < -0.39 is 0 Å². The van der Waals surface area contributed by atoms with Crippen molar-refractivity contribution in [2.45, 2.75) is 6.42 Å². The number of hydrogen-bond acceptors (Lipinski definition) is 2. The van der Waals surface area contributed by atoms with E-state index >= 15 is 0 Å². The molecule has 1 aromatic rings. The summed E-state index contributed by atoms with van der Waals surface area (Å²) in [5, 5.41) is 4.60. The number of nitrogens with zero attached hydrogens (tertiary/aromatic N) is 2. The molecule has 24 heavy (non-hydrogen) atoms. The van der Waals surface area contributed by atoms with Crippen LogP contribution in [-0.4, -0.2) is 74.2 Å². The van der Waals surface area contributed by atoms with Crippen LogP contribution in [0.4, 0.5) is 0 Å². The third kappa shape index (κ3) is 5.33. The maximum Gasteiger partial charge on any atom is 0.255 e. The quantitative estimate of drug-likeness (QED) is 0.586. The van der Waals surface area contributed by atoms with Crippen molar-refractivity contribution in [3.05, 3.63) is 34.9 Å². The smallest absolute Gasteiger partial charge is 0.255 e. The number of halogens is 1. The number of piperazine rings is 1. The van der Waals surface area contributed by atoms with Crippen LogP contribution in [0.15, 0.2) is 24.3 Å². The van der Waals surface area contributed by atoms with Crippen LogP contribution >= 0.6 is 23.8 Å².